The van der Waals surface area contributed by atoms with Crippen molar-refractivity contribution in [2.45, 2.75) is 26.2 Å². The summed E-state index contributed by atoms with van der Waals surface area (Å²) in [6.45, 7) is 3.18. The lowest BCUT2D eigenvalue weighted by atomic mass is 9.70. The zero-order chi connectivity index (χ0) is 14.0. The first-order valence-electron chi connectivity index (χ1n) is 6.85. The predicted octanol–water partition coefficient (Wildman–Crippen LogP) is 1.70. The maximum absolute atomic E-state index is 4.43. The number of rotatable bonds is 5. The van der Waals surface area contributed by atoms with Gasteiger partial charge in [0.15, 0.2) is 0 Å². The maximum atomic E-state index is 4.43. The first kappa shape index (κ1) is 12.8. The summed E-state index contributed by atoms with van der Waals surface area (Å²) >= 11 is 0. The van der Waals surface area contributed by atoms with Crippen molar-refractivity contribution >= 4 is 11.9 Å². The van der Waals surface area contributed by atoms with Crippen molar-refractivity contribution < 1.29 is 0 Å². The maximum Gasteiger partial charge on any atom is 0.241 e. The Morgan fingerprint density at radius 3 is 2.65 bits per heavy atom. The van der Waals surface area contributed by atoms with E-state index in [0.29, 0.717) is 23.3 Å². The van der Waals surface area contributed by atoms with Crippen LogP contribution in [0.25, 0.3) is 5.95 Å². The number of hydrogen-bond acceptors (Lipinski definition) is 6. The van der Waals surface area contributed by atoms with Crippen LogP contribution in [0.2, 0.25) is 0 Å². The van der Waals surface area contributed by atoms with Gasteiger partial charge >= 0.3 is 0 Å². The van der Waals surface area contributed by atoms with Crippen LogP contribution in [0, 0.1) is 5.41 Å². The van der Waals surface area contributed by atoms with Gasteiger partial charge in [-0.3, -0.25) is 4.57 Å². The van der Waals surface area contributed by atoms with Crippen LogP contribution in [0.15, 0.2) is 18.7 Å². The number of nitrogens with zero attached hydrogens (tertiary/aromatic N) is 5. The quantitative estimate of drug-likeness (QED) is 0.863. The molecule has 0 atom stereocenters. The van der Waals surface area contributed by atoms with E-state index >= 15 is 0 Å². The lowest BCUT2D eigenvalue weighted by Crippen LogP contribution is -2.33. The van der Waals surface area contributed by atoms with Gasteiger partial charge in [0.25, 0.3) is 0 Å². The molecule has 0 bridgehead atoms. The van der Waals surface area contributed by atoms with E-state index in [1.807, 2.05) is 6.20 Å². The summed E-state index contributed by atoms with van der Waals surface area (Å²) in [6, 6.07) is 0. The molecule has 2 aromatic heterocycles. The molecule has 1 fully saturated rings. The minimum absolute atomic E-state index is 0.377. The second-order valence-electron chi connectivity index (χ2n) is 5.52. The molecule has 1 aliphatic rings. The molecule has 106 valence electrons. The van der Waals surface area contributed by atoms with Crippen molar-refractivity contribution in [3.05, 3.63) is 18.7 Å². The van der Waals surface area contributed by atoms with E-state index in [4.69, 9.17) is 0 Å². The Kier molecular flexibility index (Phi) is 3.25. The molecular formula is C13H19N7. The van der Waals surface area contributed by atoms with Gasteiger partial charge < -0.3 is 10.6 Å². The zero-order valence-corrected chi connectivity index (χ0v) is 11.8. The standard InChI is InChI=1S/C13H19N7/c1-13(4-3-5-13)8-16-11-17-10(14-2)18-12(19-11)20-7-6-15-9-20/h6-7,9H,3-5,8H2,1-2H3,(H2,14,16,17,18,19). The van der Waals surface area contributed by atoms with Crippen molar-refractivity contribution in [2.75, 3.05) is 24.2 Å². The topological polar surface area (TPSA) is 80.5 Å². The molecule has 7 heteroatoms. The van der Waals surface area contributed by atoms with E-state index in [9.17, 15) is 0 Å². The largest absolute Gasteiger partial charge is 0.357 e. The molecule has 0 radical (unpaired) electrons. The summed E-state index contributed by atoms with van der Waals surface area (Å²) < 4.78 is 1.76. The summed E-state index contributed by atoms with van der Waals surface area (Å²) in [5.74, 6) is 1.70. The molecule has 2 heterocycles. The Hall–Kier alpha value is -2.18. The van der Waals surface area contributed by atoms with E-state index in [1.54, 1.807) is 24.1 Å². The van der Waals surface area contributed by atoms with Crippen LogP contribution in [-0.2, 0) is 0 Å². The van der Waals surface area contributed by atoms with Gasteiger partial charge in [-0.25, -0.2) is 4.98 Å². The van der Waals surface area contributed by atoms with Crippen LogP contribution in [0.3, 0.4) is 0 Å². The fourth-order valence-corrected chi connectivity index (χ4v) is 2.30. The lowest BCUT2D eigenvalue weighted by molar-refractivity contribution is 0.179. The van der Waals surface area contributed by atoms with Crippen molar-refractivity contribution in [2.24, 2.45) is 5.41 Å². The molecule has 0 unspecified atom stereocenters. The molecule has 0 spiro atoms. The smallest absolute Gasteiger partial charge is 0.241 e. The van der Waals surface area contributed by atoms with Gasteiger partial charge in [-0.05, 0) is 18.3 Å². The van der Waals surface area contributed by atoms with Gasteiger partial charge in [0.1, 0.15) is 6.33 Å². The van der Waals surface area contributed by atoms with E-state index in [0.717, 1.165) is 6.54 Å². The van der Waals surface area contributed by atoms with Gasteiger partial charge in [-0.2, -0.15) is 15.0 Å². The fraction of sp³-hybridized carbons (Fsp3) is 0.538. The van der Waals surface area contributed by atoms with Crippen molar-refractivity contribution in [3.63, 3.8) is 0 Å². The highest BCUT2D eigenvalue weighted by molar-refractivity contribution is 5.37. The van der Waals surface area contributed by atoms with Crippen LogP contribution in [0.4, 0.5) is 11.9 Å². The number of anilines is 2. The van der Waals surface area contributed by atoms with Gasteiger partial charge in [0.2, 0.25) is 17.8 Å². The molecule has 1 saturated carbocycles. The molecule has 0 aliphatic heterocycles. The Morgan fingerprint density at radius 1 is 1.25 bits per heavy atom. The predicted molar refractivity (Wildman–Crippen MR) is 76.9 cm³/mol. The Morgan fingerprint density at radius 2 is 2.05 bits per heavy atom. The van der Waals surface area contributed by atoms with Crippen LogP contribution in [-0.4, -0.2) is 38.1 Å². The van der Waals surface area contributed by atoms with Crippen molar-refractivity contribution in [1.29, 1.82) is 0 Å². The van der Waals surface area contributed by atoms with Crippen LogP contribution < -0.4 is 10.6 Å². The highest BCUT2D eigenvalue weighted by atomic mass is 15.3. The monoisotopic (exact) mass is 273 g/mol. The number of aromatic nitrogens is 5. The second kappa shape index (κ2) is 5.07. The summed E-state index contributed by atoms with van der Waals surface area (Å²) in [5.41, 5.74) is 0.377. The molecular weight excluding hydrogens is 254 g/mol. The van der Waals surface area contributed by atoms with Gasteiger partial charge in [0, 0.05) is 26.0 Å². The molecule has 0 amide bonds. The van der Waals surface area contributed by atoms with Gasteiger partial charge in [-0.1, -0.05) is 13.3 Å². The average molecular weight is 273 g/mol. The summed E-state index contributed by atoms with van der Waals surface area (Å²) in [5, 5.41) is 6.29. The van der Waals surface area contributed by atoms with Gasteiger partial charge in [0.05, 0.1) is 0 Å². The number of nitrogens with one attached hydrogen (secondary N) is 2. The molecule has 3 rings (SSSR count). The summed E-state index contributed by atoms with van der Waals surface area (Å²) in [4.78, 5) is 17.1. The lowest BCUT2D eigenvalue weighted by Gasteiger charge is -2.38. The van der Waals surface area contributed by atoms with Crippen LogP contribution in [0.1, 0.15) is 26.2 Å². The Labute approximate surface area is 117 Å². The summed E-state index contributed by atoms with van der Waals surface area (Å²) in [6.07, 6.45) is 9.02. The minimum Gasteiger partial charge on any atom is -0.357 e. The third-order valence-corrected chi connectivity index (χ3v) is 3.82. The molecule has 7 nitrogen and oxygen atoms in total. The molecule has 2 aromatic rings. The molecule has 20 heavy (non-hydrogen) atoms. The number of imidazole rings is 1. The highest BCUT2D eigenvalue weighted by Crippen LogP contribution is 2.39. The Bertz CT molecular complexity index is 574. The Balaban J connectivity index is 1.81. The average Bonchev–Trinajstić information content (AvgIpc) is 2.97. The minimum atomic E-state index is 0.377. The van der Waals surface area contributed by atoms with E-state index in [1.165, 1.54) is 19.3 Å². The van der Waals surface area contributed by atoms with E-state index < -0.39 is 0 Å². The first-order valence-corrected chi connectivity index (χ1v) is 6.85. The third-order valence-electron chi connectivity index (χ3n) is 3.82. The van der Waals surface area contributed by atoms with E-state index in [2.05, 4.69) is 37.5 Å². The van der Waals surface area contributed by atoms with E-state index in [-0.39, 0.29) is 0 Å². The molecule has 0 aromatic carbocycles. The third kappa shape index (κ3) is 2.56. The van der Waals surface area contributed by atoms with Crippen LogP contribution in [0.5, 0.6) is 0 Å². The van der Waals surface area contributed by atoms with Gasteiger partial charge in [-0.15, -0.1) is 0 Å². The molecule has 1 aliphatic carbocycles. The fourth-order valence-electron chi connectivity index (χ4n) is 2.30. The number of hydrogen-bond donors (Lipinski definition) is 2. The zero-order valence-electron chi connectivity index (χ0n) is 11.8. The second-order valence-corrected chi connectivity index (χ2v) is 5.52. The van der Waals surface area contributed by atoms with Crippen LogP contribution >= 0.6 is 0 Å². The normalized spacial score (nSPS) is 16.5. The molecule has 2 N–H and O–H groups in total. The highest BCUT2D eigenvalue weighted by Gasteiger charge is 2.31. The molecule has 0 saturated heterocycles. The first-order chi connectivity index (χ1) is 9.68. The van der Waals surface area contributed by atoms with Crippen molar-refractivity contribution in [1.82, 2.24) is 24.5 Å². The summed E-state index contributed by atoms with van der Waals surface area (Å²) in [7, 11) is 1.80. The van der Waals surface area contributed by atoms with Crippen molar-refractivity contribution in [3.8, 4) is 5.95 Å². The SMILES string of the molecule is CNc1nc(NCC2(C)CCC2)nc(-n2ccnc2)n1.